The topological polar surface area (TPSA) is 61.8 Å². The van der Waals surface area contributed by atoms with Gasteiger partial charge in [0.2, 0.25) is 0 Å². The van der Waals surface area contributed by atoms with E-state index >= 15 is 0 Å². The highest BCUT2D eigenvalue weighted by atomic mass is 16.6. The summed E-state index contributed by atoms with van der Waals surface area (Å²) in [6.45, 7) is 7.49. The molecule has 0 saturated carbocycles. The van der Waals surface area contributed by atoms with Gasteiger partial charge in [-0.2, -0.15) is 0 Å². The Morgan fingerprint density at radius 2 is 0.712 bits per heavy atom. The third kappa shape index (κ3) is 52.9. The van der Waals surface area contributed by atoms with Crippen LogP contribution in [0, 0.1) is 0 Å². The molecule has 0 aromatic rings. The first kappa shape index (κ1) is 62.3. The van der Waals surface area contributed by atoms with E-state index in [1.807, 2.05) is 6.08 Å². The fourth-order valence-electron chi connectivity index (χ4n) is 7.06. The van der Waals surface area contributed by atoms with Gasteiger partial charge in [-0.3, -0.25) is 9.59 Å². The Morgan fingerprint density at radius 1 is 0.348 bits per heavy atom. The summed E-state index contributed by atoms with van der Waals surface area (Å²) >= 11 is 0. The molecule has 0 aliphatic heterocycles. The Morgan fingerprint density at radius 3 is 1.15 bits per heavy atom. The van der Waals surface area contributed by atoms with E-state index in [1.54, 1.807) is 0 Å². The summed E-state index contributed by atoms with van der Waals surface area (Å²) < 4.78 is 17.3. The van der Waals surface area contributed by atoms with Crippen molar-refractivity contribution in [3.63, 3.8) is 0 Å². The highest BCUT2D eigenvalue weighted by molar-refractivity contribution is 5.70. The first-order valence-electron chi connectivity index (χ1n) is 27.1. The van der Waals surface area contributed by atoms with Crippen molar-refractivity contribution in [3.05, 3.63) is 122 Å². The summed E-state index contributed by atoms with van der Waals surface area (Å²) in [5.41, 5.74) is 0. The number of rotatable bonds is 48. The summed E-state index contributed by atoms with van der Waals surface area (Å²) in [7, 11) is 0. The first-order valence-corrected chi connectivity index (χ1v) is 27.1. The van der Waals surface area contributed by atoms with Crippen LogP contribution in [0.2, 0.25) is 0 Å². The monoisotopic (exact) mass is 913 g/mol. The molecule has 0 aromatic carbocycles. The van der Waals surface area contributed by atoms with E-state index in [1.165, 1.54) is 83.5 Å². The molecule has 0 bridgehead atoms. The predicted octanol–water partition coefficient (Wildman–Crippen LogP) is 18.6. The van der Waals surface area contributed by atoms with Gasteiger partial charge >= 0.3 is 11.9 Å². The van der Waals surface area contributed by atoms with Crippen LogP contribution in [-0.4, -0.2) is 37.9 Å². The van der Waals surface area contributed by atoms with E-state index in [0.717, 1.165) is 103 Å². The maximum atomic E-state index is 12.8. The molecule has 1 unspecified atom stereocenters. The van der Waals surface area contributed by atoms with E-state index in [2.05, 4.69) is 136 Å². The summed E-state index contributed by atoms with van der Waals surface area (Å²) in [6, 6.07) is 0. The van der Waals surface area contributed by atoms with Crippen LogP contribution < -0.4 is 0 Å². The summed E-state index contributed by atoms with van der Waals surface area (Å²) in [6.07, 6.45) is 78.0. The van der Waals surface area contributed by atoms with Crippen LogP contribution in [0.25, 0.3) is 0 Å². The van der Waals surface area contributed by atoms with Gasteiger partial charge in [0.15, 0.2) is 6.10 Å². The number of esters is 2. The second-order valence-electron chi connectivity index (χ2n) is 17.4. The molecule has 0 saturated heterocycles. The summed E-state index contributed by atoms with van der Waals surface area (Å²) in [5.74, 6) is -0.505. The van der Waals surface area contributed by atoms with Crippen molar-refractivity contribution < 1.29 is 23.8 Å². The number of ether oxygens (including phenoxy) is 3. The van der Waals surface area contributed by atoms with E-state index in [9.17, 15) is 9.59 Å². The second kappa shape index (κ2) is 55.6. The quantitative estimate of drug-likeness (QED) is 0.0346. The first-order chi connectivity index (χ1) is 32.6. The van der Waals surface area contributed by atoms with Crippen LogP contribution in [0.1, 0.15) is 226 Å². The van der Waals surface area contributed by atoms with Crippen molar-refractivity contribution in [1.29, 1.82) is 0 Å². The third-order valence-corrected chi connectivity index (χ3v) is 11.0. The predicted molar refractivity (Wildman–Crippen MR) is 288 cm³/mol. The summed E-state index contributed by atoms with van der Waals surface area (Å²) in [5, 5.41) is 0. The highest BCUT2D eigenvalue weighted by Gasteiger charge is 2.17. The van der Waals surface area contributed by atoms with Gasteiger partial charge in [0, 0.05) is 19.4 Å². The van der Waals surface area contributed by atoms with Crippen molar-refractivity contribution >= 4 is 11.9 Å². The molecule has 0 fully saturated rings. The second-order valence-corrected chi connectivity index (χ2v) is 17.4. The van der Waals surface area contributed by atoms with E-state index in [-0.39, 0.29) is 25.2 Å². The molecule has 0 aliphatic carbocycles. The molecule has 5 heteroatoms. The maximum absolute atomic E-state index is 12.8. The Labute approximate surface area is 407 Å². The van der Waals surface area contributed by atoms with Crippen molar-refractivity contribution in [2.45, 2.75) is 232 Å². The molecule has 0 amide bonds. The Balaban J connectivity index is 4.37. The average molecular weight is 913 g/mol. The molecule has 0 aliphatic rings. The molecule has 0 heterocycles. The van der Waals surface area contributed by atoms with Crippen LogP contribution in [0.3, 0.4) is 0 Å². The SMILES string of the molecule is CC/C=C\C/C=C\C/C=C\C/C=C\C/C=C\C/C=C\CCC(=O)OCC(COCCCCCCCCC/C=C\C/C=C\C/C=C\C/C=C\CC)OC(=O)CCCCCCCCCCCCC. The van der Waals surface area contributed by atoms with Crippen LogP contribution >= 0.6 is 0 Å². The Bertz CT molecular complexity index is 1350. The molecule has 374 valence electrons. The minimum Gasteiger partial charge on any atom is -0.462 e. The van der Waals surface area contributed by atoms with Gasteiger partial charge < -0.3 is 14.2 Å². The molecule has 0 rings (SSSR count). The van der Waals surface area contributed by atoms with E-state index in [4.69, 9.17) is 14.2 Å². The van der Waals surface area contributed by atoms with Gasteiger partial charge in [-0.1, -0.05) is 239 Å². The molecule has 0 aromatic heterocycles. The molecule has 0 radical (unpaired) electrons. The van der Waals surface area contributed by atoms with Gasteiger partial charge in [-0.25, -0.2) is 0 Å². The fraction of sp³-hybridized carbons (Fsp3) is 0.639. The maximum Gasteiger partial charge on any atom is 0.306 e. The van der Waals surface area contributed by atoms with E-state index < -0.39 is 6.10 Å². The molecule has 0 N–H and O–H groups in total. The molecule has 5 nitrogen and oxygen atoms in total. The zero-order chi connectivity index (χ0) is 47.7. The van der Waals surface area contributed by atoms with Crippen molar-refractivity contribution in [2.75, 3.05) is 19.8 Å². The number of hydrogen-bond donors (Lipinski definition) is 0. The standard InChI is InChI=1S/C61H100O5/c1-4-7-10-13-16-19-22-24-26-28-30-32-34-36-38-41-44-47-50-53-56-64-57-59(66-61(63)55-52-49-46-43-39-21-18-15-12-9-6-3)58-65-60(62)54-51-48-45-42-40-37-35-33-31-29-27-25-23-20-17-14-11-8-5-2/h7-8,10-11,16-17,19-20,24-27,30-33,37,40,45,48,59H,4-6,9,12-15,18,21-23,28-29,34-36,38-39,41-44,46-47,49-58H2,1-3H3/b10-7-,11-8-,19-16-,20-17-,26-24-,27-25-,32-30-,33-31-,40-37-,48-45-. The van der Waals surface area contributed by atoms with Gasteiger partial charge in [0.1, 0.15) is 6.61 Å². The fourth-order valence-corrected chi connectivity index (χ4v) is 7.06. The zero-order valence-corrected chi connectivity index (χ0v) is 42.9. The highest BCUT2D eigenvalue weighted by Crippen LogP contribution is 2.14. The van der Waals surface area contributed by atoms with Crippen molar-refractivity contribution in [3.8, 4) is 0 Å². The number of unbranched alkanes of at least 4 members (excludes halogenated alkanes) is 17. The smallest absolute Gasteiger partial charge is 0.306 e. The molecule has 1 atom stereocenters. The van der Waals surface area contributed by atoms with Crippen molar-refractivity contribution in [2.24, 2.45) is 0 Å². The van der Waals surface area contributed by atoms with Gasteiger partial charge in [0.05, 0.1) is 6.61 Å². The third-order valence-electron chi connectivity index (χ3n) is 11.0. The lowest BCUT2D eigenvalue weighted by molar-refractivity contribution is -0.162. The van der Waals surface area contributed by atoms with Crippen LogP contribution in [0.15, 0.2) is 122 Å². The lowest BCUT2D eigenvalue weighted by Gasteiger charge is -2.18. The van der Waals surface area contributed by atoms with E-state index in [0.29, 0.717) is 25.9 Å². The van der Waals surface area contributed by atoms with Crippen molar-refractivity contribution in [1.82, 2.24) is 0 Å². The minimum absolute atomic E-state index is 0.0352. The minimum atomic E-state index is -0.578. The molecular weight excluding hydrogens is 813 g/mol. The largest absolute Gasteiger partial charge is 0.462 e. The Hall–Kier alpha value is -3.70. The van der Waals surface area contributed by atoms with Gasteiger partial charge in [-0.15, -0.1) is 0 Å². The molecule has 66 heavy (non-hydrogen) atoms. The summed E-state index contributed by atoms with van der Waals surface area (Å²) in [4.78, 5) is 25.4. The van der Waals surface area contributed by atoms with Crippen LogP contribution in [-0.2, 0) is 23.8 Å². The molecular formula is C61H100O5. The molecule has 0 spiro atoms. The normalized spacial score (nSPS) is 13.2. The zero-order valence-electron chi connectivity index (χ0n) is 42.9. The lowest BCUT2D eigenvalue weighted by Crippen LogP contribution is -2.30. The number of carbonyl (C=O) groups is 2. The van der Waals surface area contributed by atoms with Crippen LogP contribution in [0.5, 0.6) is 0 Å². The number of hydrogen-bond acceptors (Lipinski definition) is 5. The van der Waals surface area contributed by atoms with Crippen LogP contribution in [0.4, 0.5) is 0 Å². The van der Waals surface area contributed by atoms with Gasteiger partial charge in [0.25, 0.3) is 0 Å². The number of allylic oxidation sites excluding steroid dienone is 20. The number of carbonyl (C=O) groups excluding carboxylic acids is 2. The average Bonchev–Trinajstić information content (AvgIpc) is 3.32. The Kier molecular flexibility index (Phi) is 52.5. The van der Waals surface area contributed by atoms with Gasteiger partial charge in [-0.05, 0) is 96.3 Å². The lowest BCUT2D eigenvalue weighted by atomic mass is 10.1.